The summed E-state index contributed by atoms with van der Waals surface area (Å²) in [5.41, 5.74) is 0.842. The molecule has 20 heavy (non-hydrogen) atoms. The van der Waals surface area contributed by atoms with Crippen molar-refractivity contribution in [2.45, 2.75) is 12.7 Å². The predicted octanol–water partition coefficient (Wildman–Crippen LogP) is 3.58. The molecule has 0 aliphatic heterocycles. The summed E-state index contributed by atoms with van der Waals surface area (Å²) in [7, 11) is 0. The van der Waals surface area contributed by atoms with Crippen LogP contribution in [-0.4, -0.2) is 4.98 Å². The van der Waals surface area contributed by atoms with E-state index in [1.54, 1.807) is 12.1 Å². The average molecular weight is 277 g/mol. The first-order valence-corrected chi connectivity index (χ1v) is 5.76. The van der Waals surface area contributed by atoms with Gasteiger partial charge < -0.3 is 5.32 Å². The Morgan fingerprint density at radius 1 is 1.15 bits per heavy atom. The van der Waals surface area contributed by atoms with Crippen molar-refractivity contribution in [2.75, 3.05) is 5.32 Å². The van der Waals surface area contributed by atoms with E-state index in [1.807, 2.05) is 6.07 Å². The van der Waals surface area contributed by atoms with Gasteiger partial charge in [-0.1, -0.05) is 6.07 Å². The van der Waals surface area contributed by atoms with Gasteiger partial charge in [0.15, 0.2) is 0 Å². The lowest BCUT2D eigenvalue weighted by molar-refractivity contribution is -0.137. The Morgan fingerprint density at radius 2 is 1.85 bits per heavy atom. The number of halogens is 3. The molecule has 1 N–H and O–H groups in total. The SMILES string of the molecule is N#Cc1ncccc1CNc1ccc(C(F)(F)F)cc1. The molecule has 102 valence electrons. The van der Waals surface area contributed by atoms with Gasteiger partial charge in [0.2, 0.25) is 0 Å². The molecule has 3 nitrogen and oxygen atoms in total. The van der Waals surface area contributed by atoms with E-state index in [1.165, 1.54) is 18.3 Å². The Labute approximate surface area is 113 Å². The molecule has 0 fully saturated rings. The number of hydrogen-bond acceptors (Lipinski definition) is 3. The molecule has 2 rings (SSSR count). The monoisotopic (exact) mass is 277 g/mol. The number of rotatable bonds is 3. The number of anilines is 1. The van der Waals surface area contributed by atoms with Crippen molar-refractivity contribution in [3.8, 4) is 6.07 Å². The highest BCUT2D eigenvalue weighted by atomic mass is 19.4. The molecule has 0 aliphatic rings. The topological polar surface area (TPSA) is 48.7 Å². The van der Waals surface area contributed by atoms with Crippen molar-refractivity contribution in [3.63, 3.8) is 0 Å². The normalized spacial score (nSPS) is 10.9. The van der Waals surface area contributed by atoms with Crippen molar-refractivity contribution >= 4 is 5.69 Å². The molecule has 0 bridgehead atoms. The number of benzene rings is 1. The van der Waals surface area contributed by atoms with Crippen LogP contribution in [0, 0.1) is 11.3 Å². The Bertz CT molecular complexity index is 627. The molecule has 0 atom stereocenters. The summed E-state index contributed by atoms with van der Waals surface area (Å²) in [6, 6.07) is 10.1. The van der Waals surface area contributed by atoms with Crippen molar-refractivity contribution in [2.24, 2.45) is 0 Å². The predicted molar refractivity (Wildman–Crippen MR) is 67.7 cm³/mol. The van der Waals surface area contributed by atoms with Crippen LogP contribution < -0.4 is 5.32 Å². The van der Waals surface area contributed by atoms with Crippen LogP contribution in [-0.2, 0) is 12.7 Å². The highest BCUT2D eigenvalue weighted by Crippen LogP contribution is 2.29. The summed E-state index contributed by atoms with van der Waals surface area (Å²) in [6.45, 7) is 0.322. The quantitative estimate of drug-likeness (QED) is 0.932. The molecule has 0 radical (unpaired) electrons. The number of aromatic nitrogens is 1. The van der Waals surface area contributed by atoms with Gasteiger partial charge in [0.1, 0.15) is 11.8 Å². The first kappa shape index (κ1) is 13.9. The van der Waals surface area contributed by atoms with Crippen molar-refractivity contribution in [1.82, 2.24) is 4.98 Å². The van der Waals surface area contributed by atoms with Crippen LogP contribution in [0.15, 0.2) is 42.6 Å². The lowest BCUT2D eigenvalue weighted by Crippen LogP contribution is -2.06. The molecule has 1 heterocycles. The second-order valence-electron chi connectivity index (χ2n) is 4.05. The molecule has 2 aromatic rings. The van der Waals surface area contributed by atoms with Crippen LogP contribution in [0.4, 0.5) is 18.9 Å². The fourth-order valence-electron chi connectivity index (χ4n) is 1.66. The molecule has 0 saturated carbocycles. The summed E-state index contributed by atoms with van der Waals surface area (Å²) < 4.78 is 37.2. The highest BCUT2D eigenvalue weighted by molar-refractivity contribution is 5.46. The van der Waals surface area contributed by atoms with E-state index >= 15 is 0 Å². The summed E-state index contributed by atoms with van der Waals surface area (Å²) in [4.78, 5) is 3.91. The first-order chi connectivity index (χ1) is 9.50. The summed E-state index contributed by atoms with van der Waals surface area (Å²) in [6.07, 6.45) is -2.82. The second kappa shape index (κ2) is 5.61. The van der Waals surface area contributed by atoms with E-state index in [9.17, 15) is 13.2 Å². The summed E-state index contributed by atoms with van der Waals surface area (Å²) >= 11 is 0. The van der Waals surface area contributed by atoms with Gasteiger partial charge in [-0.2, -0.15) is 18.4 Å². The van der Waals surface area contributed by atoms with Crippen LogP contribution in [0.3, 0.4) is 0 Å². The zero-order valence-corrected chi connectivity index (χ0v) is 10.3. The molecular weight excluding hydrogens is 267 g/mol. The zero-order valence-electron chi connectivity index (χ0n) is 10.3. The van der Waals surface area contributed by atoms with Crippen LogP contribution in [0.25, 0.3) is 0 Å². The maximum Gasteiger partial charge on any atom is 0.416 e. The molecule has 6 heteroatoms. The third kappa shape index (κ3) is 3.26. The molecule has 0 saturated heterocycles. The van der Waals surface area contributed by atoms with Crippen LogP contribution >= 0.6 is 0 Å². The molecule has 1 aromatic carbocycles. The minimum absolute atomic E-state index is 0.298. The van der Waals surface area contributed by atoms with Crippen LogP contribution in [0.5, 0.6) is 0 Å². The van der Waals surface area contributed by atoms with Gasteiger partial charge in [-0.25, -0.2) is 4.98 Å². The number of pyridine rings is 1. The lowest BCUT2D eigenvalue weighted by Gasteiger charge is -2.10. The van der Waals surface area contributed by atoms with Crippen LogP contribution in [0.2, 0.25) is 0 Å². The number of nitrogens with zero attached hydrogens (tertiary/aromatic N) is 2. The Morgan fingerprint density at radius 3 is 2.45 bits per heavy atom. The highest BCUT2D eigenvalue weighted by Gasteiger charge is 2.29. The maximum absolute atomic E-state index is 12.4. The zero-order chi connectivity index (χ0) is 14.6. The van der Waals surface area contributed by atoms with E-state index in [0.717, 1.165) is 12.1 Å². The molecule has 0 unspecified atom stereocenters. The number of alkyl halides is 3. The van der Waals surface area contributed by atoms with Gasteiger partial charge in [0.25, 0.3) is 0 Å². The van der Waals surface area contributed by atoms with Crippen molar-refractivity contribution in [1.29, 1.82) is 5.26 Å². The molecular formula is C14H10F3N3. The van der Waals surface area contributed by atoms with Gasteiger partial charge in [-0.15, -0.1) is 0 Å². The number of hydrogen-bond donors (Lipinski definition) is 1. The third-order valence-electron chi connectivity index (χ3n) is 2.69. The average Bonchev–Trinajstić information content (AvgIpc) is 2.45. The van der Waals surface area contributed by atoms with E-state index in [2.05, 4.69) is 10.3 Å². The fourth-order valence-corrected chi connectivity index (χ4v) is 1.66. The number of nitrogens with one attached hydrogen (secondary N) is 1. The van der Waals surface area contributed by atoms with E-state index in [-0.39, 0.29) is 0 Å². The number of nitriles is 1. The van der Waals surface area contributed by atoms with E-state index < -0.39 is 11.7 Å². The van der Waals surface area contributed by atoms with Crippen LogP contribution in [0.1, 0.15) is 16.8 Å². The maximum atomic E-state index is 12.4. The second-order valence-corrected chi connectivity index (χ2v) is 4.05. The molecule has 0 amide bonds. The smallest absolute Gasteiger partial charge is 0.381 e. The van der Waals surface area contributed by atoms with Gasteiger partial charge in [0.05, 0.1) is 5.56 Å². The third-order valence-corrected chi connectivity index (χ3v) is 2.69. The van der Waals surface area contributed by atoms with E-state index in [0.29, 0.717) is 23.5 Å². The van der Waals surface area contributed by atoms with Gasteiger partial charge in [0, 0.05) is 24.0 Å². The Kier molecular flexibility index (Phi) is 3.89. The minimum atomic E-state index is -4.34. The summed E-state index contributed by atoms with van der Waals surface area (Å²) in [5, 5.41) is 11.8. The van der Waals surface area contributed by atoms with Crippen molar-refractivity contribution in [3.05, 3.63) is 59.4 Å². The minimum Gasteiger partial charge on any atom is -0.381 e. The van der Waals surface area contributed by atoms with Gasteiger partial charge in [-0.05, 0) is 30.3 Å². The standard InChI is InChI=1S/C14H10F3N3/c15-14(16,17)11-3-5-12(6-4-11)20-9-10-2-1-7-19-13(10)8-18/h1-7,20H,9H2. The molecule has 0 aliphatic carbocycles. The Hall–Kier alpha value is -2.55. The Balaban J connectivity index is 2.07. The molecule has 1 aromatic heterocycles. The van der Waals surface area contributed by atoms with E-state index in [4.69, 9.17) is 5.26 Å². The van der Waals surface area contributed by atoms with Gasteiger partial charge >= 0.3 is 6.18 Å². The summed E-state index contributed by atoms with van der Waals surface area (Å²) in [5.74, 6) is 0. The lowest BCUT2D eigenvalue weighted by atomic mass is 10.1. The fraction of sp³-hybridized carbons (Fsp3) is 0.143. The molecule has 0 spiro atoms. The largest absolute Gasteiger partial charge is 0.416 e. The van der Waals surface area contributed by atoms with Crippen molar-refractivity contribution < 1.29 is 13.2 Å². The van der Waals surface area contributed by atoms with Gasteiger partial charge in [-0.3, -0.25) is 0 Å². The first-order valence-electron chi connectivity index (χ1n) is 5.76.